The molecule has 4 aliphatic rings. The van der Waals surface area contributed by atoms with Crippen LogP contribution in [-0.2, 0) is 11.2 Å². The third-order valence-corrected chi connectivity index (χ3v) is 12.3. The maximum absolute atomic E-state index is 13.8. The molecule has 4 aliphatic carbocycles. The van der Waals surface area contributed by atoms with E-state index in [1.165, 1.54) is 29.0 Å². The molecule has 3 heterocycles. The lowest BCUT2D eigenvalue weighted by molar-refractivity contribution is -0.177. The first kappa shape index (κ1) is 27.1. The number of allylic oxidation sites excluding steroid dienone is 1. The number of hydrogen-bond acceptors (Lipinski definition) is 7. The van der Waals surface area contributed by atoms with E-state index in [1.807, 2.05) is 23.9 Å². The van der Waals surface area contributed by atoms with Crippen LogP contribution in [0.25, 0.3) is 22.1 Å². The van der Waals surface area contributed by atoms with Gasteiger partial charge in [0.1, 0.15) is 21.8 Å². The van der Waals surface area contributed by atoms with Crippen LogP contribution in [0, 0.1) is 34.4 Å². The topological polar surface area (TPSA) is 113 Å². The molecule has 222 valence electrons. The number of nitrogens with zero attached hydrogens (tertiary/aromatic N) is 4. The number of aliphatic hydroxyl groups excluding tert-OH is 1. The van der Waals surface area contributed by atoms with E-state index < -0.39 is 23.0 Å². The number of hydrogen-bond donors (Lipinski definition) is 3. The van der Waals surface area contributed by atoms with Gasteiger partial charge < -0.3 is 10.2 Å². The molecule has 3 fully saturated rings. The van der Waals surface area contributed by atoms with Crippen LogP contribution in [0.1, 0.15) is 57.2 Å². The van der Waals surface area contributed by atoms with Gasteiger partial charge in [0, 0.05) is 11.6 Å². The second-order valence-electron chi connectivity index (χ2n) is 13.4. The Morgan fingerprint density at radius 1 is 1.19 bits per heavy atom. The SMILES string of the molecule is CC12Cc3cnn(-c4ccc(F)cc4)c3C=C1CCC1C2[C@@H](O)CC2(C)C1CC[C@]2(O)C(=O)Nc1nc2cccnc2s1. The van der Waals surface area contributed by atoms with Gasteiger partial charge in [0.2, 0.25) is 0 Å². The van der Waals surface area contributed by atoms with Crippen molar-refractivity contribution in [3.8, 4) is 5.69 Å². The molecule has 0 saturated heterocycles. The summed E-state index contributed by atoms with van der Waals surface area (Å²) in [5.41, 5.74) is 2.33. The number of thiazole rings is 1. The molecule has 1 aromatic carbocycles. The molecule has 0 bridgehead atoms. The van der Waals surface area contributed by atoms with E-state index in [-0.39, 0.29) is 29.0 Å². The fourth-order valence-electron chi connectivity index (χ4n) is 9.37. The molecule has 8 rings (SSSR count). The van der Waals surface area contributed by atoms with Gasteiger partial charge in [0.05, 0.1) is 23.7 Å². The number of anilines is 1. The van der Waals surface area contributed by atoms with Crippen LogP contribution >= 0.6 is 11.3 Å². The number of fused-ring (bicyclic) bond motifs is 7. The fourth-order valence-corrected chi connectivity index (χ4v) is 10.2. The van der Waals surface area contributed by atoms with Crippen molar-refractivity contribution >= 4 is 38.8 Å². The lowest BCUT2D eigenvalue weighted by atomic mass is 9.45. The van der Waals surface area contributed by atoms with Crippen molar-refractivity contribution in [3.63, 3.8) is 0 Å². The van der Waals surface area contributed by atoms with E-state index in [9.17, 15) is 19.4 Å². The molecule has 3 aromatic heterocycles. The van der Waals surface area contributed by atoms with Gasteiger partial charge >= 0.3 is 0 Å². The van der Waals surface area contributed by atoms with E-state index >= 15 is 0 Å². The first-order valence-electron chi connectivity index (χ1n) is 15.1. The minimum absolute atomic E-state index is 0.00800. The zero-order valence-corrected chi connectivity index (χ0v) is 24.9. The molecule has 1 amide bonds. The Hall–Kier alpha value is -3.47. The third-order valence-electron chi connectivity index (χ3n) is 11.4. The van der Waals surface area contributed by atoms with Gasteiger partial charge in [-0.3, -0.25) is 10.1 Å². The Labute approximate surface area is 252 Å². The fraction of sp³-hybridized carbons (Fsp3) is 0.455. The zero-order valence-electron chi connectivity index (χ0n) is 24.1. The van der Waals surface area contributed by atoms with Crippen LogP contribution in [-0.4, -0.2) is 47.6 Å². The second kappa shape index (κ2) is 9.27. The number of aromatic nitrogens is 4. The van der Waals surface area contributed by atoms with Crippen molar-refractivity contribution in [1.29, 1.82) is 0 Å². The van der Waals surface area contributed by atoms with Gasteiger partial charge in [-0.15, -0.1) is 0 Å². The summed E-state index contributed by atoms with van der Waals surface area (Å²) in [6.45, 7) is 4.28. The van der Waals surface area contributed by atoms with E-state index in [1.54, 1.807) is 24.4 Å². The maximum Gasteiger partial charge on any atom is 0.258 e. The summed E-state index contributed by atoms with van der Waals surface area (Å²) in [6.07, 6.45) is 9.14. The first-order chi connectivity index (χ1) is 20.6. The van der Waals surface area contributed by atoms with Crippen LogP contribution < -0.4 is 5.32 Å². The number of benzene rings is 1. The monoisotopic (exact) mass is 599 g/mol. The summed E-state index contributed by atoms with van der Waals surface area (Å²) < 4.78 is 15.5. The Kier molecular flexibility index (Phi) is 5.84. The Bertz CT molecular complexity index is 1770. The summed E-state index contributed by atoms with van der Waals surface area (Å²) >= 11 is 1.29. The lowest BCUT2D eigenvalue weighted by Gasteiger charge is -2.60. The number of pyridine rings is 1. The Morgan fingerprint density at radius 3 is 2.79 bits per heavy atom. The molecule has 3 saturated carbocycles. The quantitative estimate of drug-likeness (QED) is 0.285. The molecule has 3 N–H and O–H groups in total. The predicted molar refractivity (Wildman–Crippen MR) is 162 cm³/mol. The normalized spacial score (nSPS) is 34.6. The van der Waals surface area contributed by atoms with Gasteiger partial charge in [-0.25, -0.2) is 19.0 Å². The zero-order chi connectivity index (χ0) is 29.7. The molecule has 8 nitrogen and oxygen atoms in total. The Morgan fingerprint density at radius 2 is 2.00 bits per heavy atom. The second-order valence-corrected chi connectivity index (χ2v) is 14.4. The molecular weight excluding hydrogens is 565 g/mol. The summed E-state index contributed by atoms with van der Waals surface area (Å²) in [7, 11) is 0. The van der Waals surface area contributed by atoms with Gasteiger partial charge in [-0.2, -0.15) is 5.10 Å². The summed E-state index contributed by atoms with van der Waals surface area (Å²) in [4.78, 5) is 23.3. The standard InChI is InChI=1S/C33H34FN5O3S/c1-31-15-18-17-36-39(21-8-6-20(34)7-9-21)25(18)14-19(31)5-10-22-23-11-12-33(42,32(23,2)16-26(40)27(22)31)29(41)38-30-37-24-4-3-13-35-28(24)43-30/h3-4,6-9,13-14,17,22-23,26-27,40,42H,5,10-12,15-16H2,1-2H3,(H,37,38,41)/t22?,23?,26-,27?,31?,32?,33-/m0/s1. The maximum atomic E-state index is 13.8. The third kappa shape index (κ3) is 3.79. The Balaban J connectivity index is 1.08. The molecule has 4 aromatic rings. The largest absolute Gasteiger partial charge is 0.393 e. The number of aliphatic hydroxyl groups is 2. The van der Waals surface area contributed by atoms with E-state index in [2.05, 4.69) is 33.4 Å². The van der Waals surface area contributed by atoms with Crippen LogP contribution in [0.3, 0.4) is 0 Å². The van der Waals surface area contributed by atoms with E-state index in [0.29, 0.717) is 23.5 Å². The molecular formula is C33H34FN5O3S. The van der Waals surface area contributed by atoms with Crippen molar-refractivity contribution < 1.29 is 19.4 Å². The average Bonchev–Trinajstić information content (AvgIpc) is 3.65. The first-order valence-corrected chi connectivity index (χ1v) is 15.9. The van der Waals surface area contributed by atoms with Crippen molar-refractivity contribution in [2.75, 3.05) is 5.32 Å². The highest BCUT2D eigenvalue weighted by molar-refractivity contribution is 7.21. The predicted octanol–water partition coefficient (Wildman–Crippen LogP) is 5.54. The molecule has 0 aliphatic heterocycles. The highest BCUT2D eigenvalue weighted by Crippen LogP contribution is 2.67. The molecule has 5 unspecified atom stereocenters. The van der Waals surface area contributed by atoms with Gasteiger partial charge in [-0.1, -0.05) is 30.8 Å². The summed E-state index contributed by atoms with van der Waals surface area (Å²) in [5, 5.41) is 32.0. The van der Waals surface area contributed by atoms with Gasteiger partial charge in [0.25, 0.3) is 5.91 Å². The highest BCUT2D eigenvalue weighted by Gasteiger charge is 2.68. The molecule has 10 heteroatoms. The lowest BCUT2D eigenvalue weighted by Crippen LogP contribution is -2.62. The van der Waals surface area contributed by atoms with E-state index in [0.717, 1.165) is 47.5 Å². The number of rotatable bonds is 3. The van der Waals surface area contributed by atoms with Crippen molar-refractivity contribution in [1.82, 2.24) is 19.7 Å². The van der Waals surface area contributed by atoms with Crippen molar-refractivity contribution in [3.05, 3.63) is 71.4 Å². The van der Waals surface area contributed by atoms with Crippen LogP contribution in [0.2, 0.25) is 0 Å². The van der Waals surface area contributed by atoms with Crippen LogP contribution in [0.4, 0.5) is 9.52 Å². The number of carbonyl (C=O) groups excluding carboxylic acids is 1. The number of carbonyl (C=O) groups is 1. The van der Waals surface area contributed by atoms with E-state index in [4.69, 9.17) is 0 Å². The highest BCUT2D eigenvalue weighted by atomic mass is 32.1. The number of nitrogens with one attached hydrogen (secondary N) is 1. The number of amides is 1. The summed E-state index contributed by atoms with van der Waals surface area (Å²) in [6, 6.07) is 10.0. The smallest absolute Gasteiger partial charge is 0.258 e. The van der Waals surface area contributed by atoms with Crippen LogP contribution in [0.15, 0.2) is 54.4 Å². The van der Waals surface area contributed by atoms with Crippen molar-refractivity contribution in [2.24, 2.45) is 28.6 Å². The average molecular weight is 600 g/mol. The van der Waals surface area contributed by atoms with Crippen molar-refractivity contribution in [2.45, 2.75) is 64.1 Å². The number of halogens is 1. The van der Waals surface area contributed by atoms with Crippen LogP contribution in [0.5, 0.6) is 0 Å². The molecule has 0 radical (unpaired) electrons. The van der Waals surface area contributed by atoms with Gasteiger partial charge in [-0.05, 0) is 110 Å². The molecule has 0 spiro atoms. The molecule has 7 atom stereocenters. The van der Waals surface area contributed by atoms with Gasteiger partial charge in [0.15, 0.2) is 5.13 Å². The minimum atomic E-state index is -1.61. The summed E-state index contributed by atoms with van der Waals surface area (Å²) in [5.74, 6) is -0.430. The molecule has 43 heavy (non-hydrogen) atoms. The minimum Gasteiger partial charge on any atom is -0.393 e.